The fraction of sp³-hybridized carbons (Fsp3) is 0.250. The molecular weight excluding hydrogens is 145 g/mol. The highest BCUT2D eigenvalue weighted by Gasteiger charge is 2.01. The van der Waals surface area contributed by atoms with Crippen molar-refractivity contribution in [2.45, 2.75) is 13.0 Å². The maximum Gasteiger partial charge on any atom is 0.123 e. The summed E-state index contributed by atoms with van der Waals surface area (Å²) in [5.74, 6) is -0.265. The Morgan fingerprint density at radius 1 is 1.36 bits per heavy atom. The van der Waals surface area contributed by atoms with Crippen molar-refractivity contribution < 1.29 is 9.60 Å². The Labute approximate surface area is 64.6 Å². The van der Waals surface area contributed by atoms with Gasteiger partial charge >= 0.3 is 0 Å². The molecule has 2 nitrogen and oxygen atoms in total. The van der Waals surface area contributed by atoms with Gasteiger partial charge in [-0.1, -0.05) is 12.1 Å². The first kappa shape index (κ1) is 8.17. The van der Waals surface area contributed by atoms with E-state index in [4.69, 9.17) is 5.21 Å². The molecule has 0 unspecified atom stereocenters. The van der Waals surface area contributed by atoms with E-state index in [-0.39, 0.29) is 11.9 Å². The first-order valence-corrected chi connectivity index (χ1v) is 3.39. The summed E-state index contributed by atoms with van der Waals surface area (Å²) < 4.78 is 12.4. The molecule has 0 aliphatic heterocycles. The minimum Gasteiger partial charge on any atom is -0.316 e. The summed E-state index contributed by atoms with van der Waals surface area (Å²) in [5, 5.41) is 8.51. The van der Waals surface area contributed by atoms with Gasteiger partial charge in [-0.15, -0.1) is 0 Å². The lowest BCUT2D eigenvalue weighted by molar-refractivity contribution is 0.133. The van der Waals surface area contributed by atoms with Crippen molar-refractivity contribution in [3.05, 3.63) is 35.6 Å². The van der Waals surface area contributed by atoms with Crippen LogP contribution in [0.25, 0.3) is 0 Å². The van der Waals surface area contributed by atoms with Crippen LogP contribution >= 0.6 is 0 Å². The third-order valence-electron chi connectivity index (χ3n) is 1.56. The molecule has 0 saturated heterocycles. The molecule has 1 aromatic rings. The van der Waals surface area contributed by atoms with E-state index in [1.807, 2.05) is 0 Å². The van der Waals surface area contributed by atoms with Crippen LogP contribution in [0.5, 0.6) is 0 Å². The fourth-order valence-corrected chi connectivity index (χ4v) is 0.826. The molecule has 0 bridgehead atoms. The van der Waals surface area contributed by atoms with Gasteiger partial charge in [-0.3, -0.25) is 0 Å². The van der Waals surface area contributed by atoms with E-state index < -0.39 is 0 Å². The van der Waals surface area contributed by atoms with E-state index in [0.717, 1.165) is 5.56 Å². The molecule has 3 heteroatoms. The summed E-state index contributed by atoms with van der Waals surface area (Å²) in [5.41, 5.74) is 2.93. The zero-order valence-electron chi connectivity index (χ0n) is 6.21. The van der Waals surface area contributed by atoms with Crippen LogP contribution in [0.4, 0.5) is 4.39 Å². The lowest BCUT2D eigenvalue weighted by Crippen LogP contribution is -2.12. The molecule has 1 atom stereocenters. The molecule has 0 aromatic heterocycles. The molecule has 0 spiro atoms. The maximum absolute atomic E-state index is 12.4. The fourth-order valence-electron chi connectivity index (χ4n) is 0.826. The van der Waals surface area contributed by atoms with Gasteiger partial charge in [0.1, 0.15) is 5.82 Å². The second-order valence-electron chi connectivity index (χ2n) is 2.40. The highest BCUT2D eigenvalue weighted by Crippen LogP contribution is 2.11. The quantitative estimate of drug-likeness (QED) is 0.639. The van der Waals surface area contributed by atoms with Crippen molar-refractivity contribution in [2.75, 3.05) is 0 Å². The summed E-state index contributed by atoms with van der Waals surface area (Å²) in [6.45, 7) is 1.78. The molecule has 11 heavy (non-hydrogen) atoms. The zero-order valence-corrected chi connectivity index (χ0v) is 6.21. The normalized spacial score (nSPS) is 13.0. The van der Waals surface area contributed by atoms with Crippen LogP contribution in [-0.2, 0) is 0 Å². The van der Waals surface area contributed by atoms with E-state index in [1.54, 1.807) is 19.1 Å². The second kappa shape index (κ2) is 3.46. The predicted molar refractivity (Wildman–Crippen MR) is 39.7 cm³/mol. The minimum atomic E-state index is -0.265. The van der Waals surface area contributed by atoms with Crippen LogP contribution in [0.1, 0.15) is 18.5 Å². The van der Waals surface area contributed by atoms with Crippen LogP contribution in [0.2, 0.25) is 0 Å². The largest absolute Gasteiger partial charge is 0.316 e. The summed E-state index contributed by atoms with van der Waals surface area (Å²) in [6.07, 6.45) is 0. The maximum atomic E-state index is 12.4. The second-order valence-corrected chi connectivity index (χ2v) is 2.40. The Balaban J connectivity index is 2.81. The first-order valence-electron chi connectivity index (χ1n) is 3.39. The lowest BCUT2D eigenvalue weighted by Gasteiger charge is -2.07. The third-order valence-corrected chi connectivity index (χ3v) is 1.56. The first-order chi connectivity index (χ1) is 5.24. The van der Waals surface area contributed by atoms with Gasteiger partial charge in [-0.2, -0.15) is 5.48 Å². The Bertz CT molecular complexity index is 222. The zero-order chi connectivity index (χ0) is 8.27. The number of halogens is 1. The molecule has 0 heterocycles. The number of benzene rings is 1. The average Bonchev–Trinajstić information content (AvgIpc) is 2.05. The van der Waals surface area contributed by atoms with Gasteiger partial charge in [0.05, 0.1) is 6.04 Å². The standard InChI is InChI=1S/C8H10FNO/c1-6(10-11)7-2-4-8(9)5-3-7/h2-6,10-11H,1H3/t6-/m1/s1. The van der Waals surface area contributed by atoms with Crippen LogP contribution in [0, 0.1) is 5.82 Å². The molecule has 2 N–H and O–H groups in total. The van der Waals surface area contributed by atoms with Crippen molar-refractivity contribution in [1.82, 2.24) is 5.48 Å². The molecule has 1 rings (SSSR count). The van der Waals surface area contributed by atoms with Crippen molar-refractivity contribution in [2.24, 2.45) is 0 Å². The molecule has 0 aliphatic carbocycles. The Hall–Kier alpha value is -0.930. The molecule has 0 radical (unpaired) electrons. The molecule has 1 aromatic carbocycles. The highest BCUT2D eigenvalue weighted by atomic mass is 19.1. The smallest absolute Gasteiger partial charge is 0.123 e. The Morgan fingerprint density at radius 2 is 1.91 bits per heavy atom. The minimum absolute atomic E-state index is 0.157. The number of hydrogen-bond donors (Lipinski definition) is 2. The monoisotopic (exact) mass is 155 g/mol. The predicted octanol–water partition coefficient (Wildman–Crippen LogP) is 1.87. The third kappa shape index (κ3) is 2.00. The molecule has 0 amide bonds. The van der Waals surface area contributed by atoms with Gasteiger partial charge in [0.2, 0.25) is 0 Å². The van der Waals surface area contributed by atoms with Crippen molar-refractivity contribution in [1.29, 1.82) is 0 Å². The van der Waals surface area contributed by atoms with E-state index in [9.17, 15) is 4.39 Å². The van der Waals surface area contributed by atoms with Crippen LogP contribution in [-0.4, -0.2) is 5.21 Å². The van der Waals surface area contributed by atoms with Gasteiger partial charge < -0.3 is 5.21 Å². The highest BCUT2D eigenvalue weighted by molar-refractivity contribution is 5.18. The lowest BCUT2D eigenvalue weighted by atomic mass is 10.1. The summed E-state index contributed by atoms with van der Waals surface area (Å²) in [6, 6.07) is 5.83. The van der Waals surface area contributed by atoms with Crippen molar-refractivity contribution in [3.8, 4) is 0 Å². The van der Waals surface area contributed by atoms with E-state index in [0.29, 0.717) is 0 Å². The number of rotatable bonds is 2. The molecule has 0 saturated carbocycles. The average molecular weight is 155 g/mol. The number of hydrogen-bond acceptors (Lipinski definition) is 2. The Morgan fingerprint density at radius 3 is 2.36 bits per heavy atom. The van der Waals surface area contributed by atoms with E-state index in [1.165, 1.54) is 12.1 Å². The molecular formula is C8H10FNO. The van der Waals surface area contributed by atoms with Crippen LogP contribution < -0.4 is 5.48 Å². The van der Waals surface area contributed by atoms with Crippen molar-refractivity contribution >= 4 is 0 Å². The molecule has 0 aliphatic rings. The van der Waals surface area contributed by atoms with E-state index >= 15 is 0 Å². The van der Waals surface area contributed by atoms with Gasteiger partial charge in [-0.05, 0) is 24.6 Å². The van der Waals surface area contributed by atoms with Crippen LogP contribution in [0.3, 0.4) is 0 Å². The number of nitrogens with one attached hydrogen (secondary N) is 1. The SMILES string of the molecule is C[C@@H](NO)c1ccc(F)cc1. The van der Waals surface area contributed by atoms with Gasteiger partial charge in [0, 0.05) is 0 Å². The molecule has 0 fully saturated rings. The summed E-state index contributed by atoms with van der Waals surface area (Å²) >= 11 is 0. The van der Waals surface area contributed by atoms with Gasteiger partial charge in [0.25, 0.3) is 0 Å². The summed E-state index contributed by atoms with van der Waals surface area (Å²) in [4.78, 5) is 0. The van der Waals surface area contributed by atoms with Gasteiger partial charge in [-0.25, -0.2) is 4.39 Å². The van der Waals surface area contributed by atoms with Gasteiger partial charge in [0.15, 0.2) is 0 Å². The molecule has 60 valence electrons. The van der Waals surface area contributed by atoms with Crippen molar-refractivity contribution in [3.63, 3.8) is 0 Å². The number of hydroxylamine groups is 1. The summed E-state index contributed by atoms with van der Waals surface area (Å²) in [7, 11) is 0. The Kier molecular flexibility index (Phi) is 2.57. The topological polar surface area (TPSA) is 32.3 Å². The van der Waals surface area contributed by atoms with Crippen LogP contribution in [0.15, 0.2) is 24.3 Å². The van der Waals surface area contributed by atoms with E-state index in [2.05, 4.69) is 5.48 Å².